The number of fused-ring (bicyclic) bond motifs is 1. The van der Waals surface area contributed by atoms with Gasteiger partial charge in [-0.25, -0.2) is 17.4 Å². The highest BCUT2D eigenvalue weighted by Gasteiger charge is 2.53. The van der Waals surface area contributed by atoms with Gasteiger partial charge in [-0.05, 0) is 59.4 Å². The van der Waals surface area contributed by atoms with Crippen LogP contribution in [0.4, 0.5) is 16.2 Å². The van der Waals surface area contributed by atoms with Gasteiger partial charge in [-0.2, -0.15) is 8.42 Å². The predicted octanol–water partition coefficient (Wildman–Crippen LogP) is 3.23. The first-order valence-electron chi connectivity index (χ1n) is 18.1. The van der Waals surface area contributed by atoms with Crippen molar-refractivity contribution in [2.75, 3.05) is 36.7 Å². The van der Waals surface area contributed by atoms with Gasteiger partial charge in [0.05, 0.1) is 35.4 Å². The summed E-state index contributed by atoms with van der Waals surface area (Å²) in [5.74, 6) is -1.12. The average Bonchev–Trinajstić information content (AvgIpc) is 3.21. The van der Waals surface area contributed by atoms with Crippen LogP contribution in [0.1, 0.15) is 50.3 Å². The Morgan fingerprint density at radius 1 is 1.02 bits per heavy atom. The second-order valence-corrected chi connectivity index (χ2v) is 17.5. The molecule has 0 saturated carbocycles. The third-order valence-electron chi connectivity index (χ3n) is 10.7. The lowest BCUT2D eigenvalue weighted by atomic mass is 9.59. The number of carbonyl (C=O) groups excluding carboxylic acids is 1. The first-order valence-corrected chi connectivity index (χ1v) is 21.1. The van der Waals surface area contributed by atoms with Gasteiger partial charge in [0.1, 0.15) is 24.4 Å². The third kappa shape index (κ3) is 9.16. The van der Waals surface area contributed by atoms with Gasteiger partial charge in [0.15, 0.2) is 16.1 Å². The smallest absolute Gasteiger partial charge is 0.392 e. The molecule has 5 rings (SSSR count). The number of hydrogen-bond donors (Lipinski definition) is 6. The molecule has 302 valence electrons. The minimum atomic E-state index is -4.93. The van der Waals surface area contributed by atoms with Gasteiger partial charge in [0, 0.05) is 31.4 Å². The molecule has 2 aliphatic rings. The molecule has 3 aromatic rings. The van der Waals surface area contributed by atoms with E-state index in [2.05, 4.69) is 14.8 Å². The van der Waals surface area contributed by atoms with Crippen molar-refractivity contribution < 1.29 is 55.2 Å². The summed E-state index contributed by atoms with van der Waals surface area (Å²) in [5, 5.41) is 39.8. The maximum absolute atomic E-state index is 13.9. The Morgan fingerprint density at radius 2 is 1.73 bits per heavy atom. The van der Waals surface area contributed by atoms with E-state index in [1.165, 1.54) is 0 Å². The number of urea groups is 1. The fraction of sp³-hybridized carbons (Fsp3) is 0.500. The van der Waals surface area contributed by atoms with Crippen LogP contribution < -0.4 is 15.5 Å². The van der Waals surface area contributed by atoms with Crippen LogP contribution in [0.15, 0.2) is 77.7 Å². The van der Waals surface area contributed by atoms with Crippen molar-refractivity contribution in [3.63, 3.8) is 0 Å². The van der Waals surface area contributed by atoms with Crippen LogP contribution in [0.3, 0.4) is 0 Å². The Kier molecular flexibility index (Phi) is 13.3. The van der Waals surface area contributed by atoms with Gasteiger partial charge in [-0.3, -0.25) is 4.55 Å². The van der Waals surface area contributed by atoms with Gasteiger partial charge in [-0.15, -0.1) is 0 Å². The van der Waals surface area contributed by atoms with Crippen LogP contribution in [-0.4, -0.2) is 106 Å². The van der Waals surface area contributed by atoms with E-state index >= 15 is 0 Å². The molecule has 0 spiro atoms. The summed E-state index contributed by atoms with van der Waals surface area (Å²) in [6.07, 6.45) is -7.84. The highest BCUT2D eigenvalue weighted by molar-refractivity contribution is 7.91. The summed E-state index contributed by atoms with van der Waals surface area (Å²) in [4.78, 5) is 15.6. The van der Waals surface area contributed by atoms with E-state index in [4.69, 9.17) is 14.0 Å². The molecule has 1 unspecified atom stereocenters. The Morgan fingerprint density at radius 3 is 2.36 bits per heavy atom. The van der Waals surface area contributed by atoms with Crippen LogP contribution in [0, 0.1) is 11.8 Å². The van der Waals surface area contributed by atoms with E-state index in [1.807, 2.05) is 45.8 Å². The normalized spacial score (nSPS) is 28.3. The number of rotatable bonds is 13. The van der Waals surface area contributed by atoms with Gasteiger partial charge in [0.2, 0.25) is 0 Å². The van der Waals surface area contributed by atoms with Crippen LogP contribution in [0.5, 0.6) is 0 Å². The first-order chi connectivity index (χ1) is 25.9. The molecule has 17 heteroatoms. The minimum absolute atomic E-state index is 0.0552. The molecule has 0 bridgehead atoms. The minimum Gasteiger partial charge on any atom is -0.392 e. The van der Waals surface area contributed by atoms with E-state index < -0.39 is 81.0 Å². The maximum Gasteiger partial charge on any atom is 0.397 e. The molecule has 55 heavy (non-hydrogen) atoms. The predicted molar refractivity (Wildman–Crippen MR) is 205 cm³/mol. The van der Waals surface area contributed by atoms with E-state index in [-0.39, 0.29) is 28.9 Å². The summed E-state index contributed by atoms with van der Waals surface area (Å²) in [7, 11) is -5.05. The maximum atomic E-state index is 13.9. The van der Waals surface area contributed by atoms with Gasteiger partial charge >= 0.3 is 16.4 Å². The molecule has 3 aromatic carbocycles. The quantitative estimate of drug-likeness (QED) is 0.137. The lowest BCUT2D eigenvalue weighted by Gasteiger charge is -2.46. The summed E-state index contributed by atoms with van der Waals surface area (Å²) in [5.41, 5.74) is 1.54. The van der Waals surface area contributed by atoms with Crippen molar-refractivity contribution >= 4 is 37.6 Å². The Bertz CT molecular complexity index is 2020. The topological polar surface area (TPSA) is 221 Å². The SMILES string of the molecule is CCC(C)[C@@]1(c2cccc(NC(=O)N[C@@H]3O[C@H](COS(=O)(=O)O)[C@@H](O)[C@H](OCc4ccccc4)[C@H]3O)c2)c2cc(N(C)C)ccc2S(=O)(=O)C[C@@H](CC)[C@H]1O. The van der Waals surface area contributed by atoms with Gasteiger partial charge in [0.25, 0.3) is 0 Å². The highest BCUT2D eigenvalue weighted by atomic mass is 32.3. The molecular weight excluding hydrogens is 755 g/mol. The van der Waals surface area contributed by atoms with Crippen LogP contribution in [-0.2, 0) is 45.9 Å². The number of amides is 2. The van der Waals surface area contributed by atoms with E-state index in [1.54, 1.807) is 66.7 Å². The standard InChI is InChI=1S/C38H51N3O12S2/c1-6-23(3)38(29-19-28(41(4)5)16-17-31(29)54(46,47)22-25(7-2)35(38)44)26-14-11-15-27(18-26)39-37(45)40-36-33(43)34(51-20-24-12-9-8-10-13-24)32(42)30(53-36)21-52-55(48,49)50/h8-19,23,25,30,32-36,42-44H,6-7,20-22H2,1-5H3,(H2,39,40,45)(H,48,49,50)/t23?,25-,30-,32-,33-,34+,35-,36-,38-/m1/s1. The highest BCUT2D eigenvalue weighted by Crippen LogP contribution is 2.52. The number of hydrogen-bond acceptors (Lipinski definition) is 12. The van der Waals surface area contributed by atoms with Crippen molar-refractivity contribution in [3.8, 4) is 0 Å². The number of nitrogens with one attached hydrogen (secondary N) is 2. The Hall–Kier alpha value is -3.65. The van der Waals surface area contributed by atoms with Crippen LogP contribution in [0.25, 0.3) is 0 Å². The molecule has 2 heterocycles. The molecule has 2 aliphatic heterocycles. The fourth-order valence-corrected chi connectivity index (χ4v) is 9.98. The number of carbonyl (C=O) groups is 1. The van der Waals surface area contributed by atoms with Crippen molar-refractivity contribution in [1.82, 2.24) is 5.32 Å². The lowest BCUT2D eigenvalue weighted by Crippen LogP contribution is -2.64. The molecular formula is C38H51N3O12S2. The molecule has 6 N–H and O–H groups in total. The van der Waals surface area contributed by atoms with Crippen molar-refractivity contribution in [2.45, 2.75) is 87.3 Å². The number of benzene rings is 3. The number of aliphatic hydroxyl groups is 3. The van der Waals surface area contributed by atoms with E-state index in [9.17, 15) is 36.9 Å². The second-order valence-electron chi connectivity index (χ2n) is 14.4. The van der Waals surface area contributed by atoms with E-state index in [0.29, 0.717) is 29.5 Å². The van der Waals surface area contributed by atoms with Crippen molar-refractivity contribution in [3.05, 3.63) is 89.5 Å². The number of nitrogens with zero attached hydrogens (tertiary/aromatic N) is 1. The molecule has 1 saturated heterocycles. The summed E-state index contributed by atoms with van der Waals surface area (Å²) in [6, 6.07) is 20.0. The fourth-order valence-electron chi connectivity index (χ4n) is 7.68. The van der Waals surface area contributed by atoms with Gasteiger partial charge in [-0.1, -0.05) is 69.7 Å². The summed E-state index contributed by atoms with van der Waals surface area (Å²) >= 11 is 0. The molecule has 0 aromatic heterocycles. The van der Waals surface area contributed by atoms with Crippen molar-refractivity contribution in [1.29, 1.82) is 0 Å². The van der Waals surface area contributed by atoms with Crippen LogP contribution >= 0.6 is 0 Å². The molecule has 0 radical (unpaired) electrons. The number of ether oxygens (including phenoxy) is 2. The molecule has 2 amide bonds. The first kappa shape index (κ1) is 42.5. The zero-order valence-corrected chi connectivity index (χ0v) is 33.0. The number of anilines is 2. The number of aliphatic hydroxyl groups excluding tert-OH is 3. The lowest BCUT2D eigenvalue weighted by molar-refractivity contribution is -0.246. The summed E-state index contributed by atoms with van der Waals surface area (Å²) < 4.78 is 75.6. The second kappa shape index (κ2) is 17.2. The molecule has 0 aliphatic carbocycles. The van der Waals surface area contributed by atoms with Crippen LogP contribution in [0.2, 0.25) is 0 Å². The zero-order chi connectivity index (χ0) is 40.3. The van der Waals surface area contributed by atoms with Gasteiger partial charge < -0.3 is 40.3 Å². The Labute approximate surface area is 322 Å². The molecule has 15 nitrogen and oxygen atoms in total. The van der Waals surface area contributed by atoms with E-state index in [0.717, 1.165) is 5.69 Å². The summed E-state index contributed by atoms with van der Waals surface area (Å²) in [6.45, 7) is 4.89. The Balaban J connectivity index is 1.48. The molecule has 1 fully saturated rings. The third-order valence-corrected chi connectivity index (χ3v) is 13.1. The van der Waals surface area contributed by atoms with Crippen molar-refractivity contribution in [2.24, 2.45) is 11.8 Å². The number of sulfone groups is 1. The zero-order valence-electron chi connectivity index (χ0n) is 31.4. The average molecular weight is 806 g/mol. The largest absolute Gasteiger partial charge is 0.397 e. The monoisotopic (exact) mass is 805 g/mol. The molecule has 9 atom stereocenters.